The maximum Gasteiger partial charge on any atom is 0.251 e. The number of allylic oxidation sites excluding steroid dienone is 1. The van der Waals surface area contributed by atoms with Gasteiger partial charge in [-0.2, -0.15) is 4.68 Å². The number of carbonyl (C=O) groups is 1. The third-order valence-electron chi connectivity index (χ3n) is 5.28. The summed E-state index contributed by atoms with van der Waals surface area (Å²) in [6, 6.07) is 16.6. The third-order valence-corrected chi connectivity index (χ3v) is 5.53. The predicted molar refractivity (Wildman–Crippen MR) is 120 cm³/mol. The van der Waals surface area contributed by atoms with E-state index in [9.17, 15) is 9.18 Å². The van der Waals surface area contributed by atoms with E-state index in [0.29, 0.717) is 16.7 Å². The minimum atomic E-state index is -0.385. The highest BCUT2D eigenvalue weighted by atomic mass is 35.5. The number of furan rings is 1. The number of benzene rings is 2. The van der Waals surface area contributed by atoms with Gasteiger partial charge in [-0.15, -0.1) is 0 Å². The number of nitrogens with one attached hydrogen (secondary N) is 1. The molecule has 2 aromatic carbocycles. The van der Waals surface area contributed by atoms with Crippen molar-refractivity contribution in [3.05, 3.63) is 101 Å². The van der Waals surface area contributed by atoms with Crippen LogP contribution in [0.5, 0.6) is 0 Å². The van der Waals surface area contributed by atoms with E-state index in [2.05, 4.69) is 20.8 Å². The zero-order valence-electron chi connectivity index (χ0n) is 17.2. The number of nitrogens with zero attached hydrogens (tertiary/aromatic N) is 5. The van der Waals surface area contributed by atoms with Crippen LogP contribution in [0.4, 0.5) is 10.3 Å². The summed E-state index contributed by atoms with van der Waals surface area (Å²) in [6.45, 7) is 0.245. The van der Waals surface area contributed by atoms with Gasteiger partial charge in [-0.05, 0) is 64.0 Å². The van der Waals surface area contributed by atoms with Crippen molar-refractivity contribution < 1.29 is 13.6 Å². The first-order valence-electron chi connectivity index (χ1n) is 10.2. The smallest absolute Gasteiger partial charge is 0.251 e. The summed E-state index contributed by atoms with van der Waals surface area (Å²) in [7, 11) is 0. The molecule has 0 saturated heterocycles. The van der Waals surface area contributed by atoms with Crippen LogP contribution in [0, 0.1) is 5.82 Å². The number of amides is 1. The molecule has 2 aromatic heterocycles. The van der Waals surface area contributed by atoms with E-state index in [1.165, 1.54) is 12.1 Å². The number of halogens is 2. The topological polar surface area (TPSA) is 89.1 Å². The fourth-order valence-corrected chi connectivity index (χ4v) is 3.81. The number of carbonyl (C=O) groups excluding carboxylic acids is 1. The highest BCUT2D eigenvalue weighted by molar-refractivity contribution is 6.30. The molecule has 4 aromatic rings. The average molecular weight is 465 g/mol. The maximum atomic E-state index is 13.5. The second-order valence-corrected chi connectivity index (χ2v) is 7.86. The van der Waals surface area contributed by atoms with Gasteiger partial charge in [-0.3, -0.25) is 9.69 Å². The molecule has 0 saturated carbocycles. The van der Waals surface area contributed by atoms with Gasteiger partial charge in [-0.25, -0.2) is 4.39 Å². The molecule has 1 atom stereocenters. The number of rotatable bonds is 6. The third kappa shape index (κ3) is 4.35. The first-order valence-corrected chi connectivity index (χ1v) is 10.5. The Kier molecular flexibility index (Phi) is 5.62. The van der Waals surface area contributed by atoms with E-state index in [1.807, 2.05) is 18.2 Å². The van der Waals surface area contributed by atoms with Crippen LogP contribution in [0.3, 0.4) is 0 Å². The molecule has 5 rings (SSSR count). The fourth-order valence-electron chi connectivity index (χ4n) is 3.69. The predicted octanol–water partition coefficient (Wildman–Crippen LogP) is 3.83. The Morgan fingerprint density at radius 2 is 1.91 bits per heavy atom. The summed E-state index contributed by atoms with van der Waals surface area (Å²) in [5.41, 5.74) is 2.37. The molecule has 3 heterocycles. The van der Waals surface area contributed by atoms with Gasteiger partial charge in [0.05, 0.1) is 18.5 Å². The van der Waals surface area contributed by atoms with E-state index >= 15 is 0 Å². The zero-order chi connectivity index (χ0) is 22.8. The van der Waals surface area contributed by atoms with Crippen LogP contribution in [0.1, 0.15) is 22.9 Å². The van der Waals surface area contributed by atoms with Gasteiger partial charge in [0.15, 0.2) is 0 Å². The summed E-state index contributed by atoms with van der Waals surface area (Å²) >= 11 is 6.09. The molecule has 0 spiro atoms. The summed E-state index contributed by atoms with van der Waals surface area (Å²) in [5.74, 6) is 0.478. The Bertz CT molecular complexity index is 1290. The molecular formula is C23H18ClFN6O2. The van der Waals surface area contributed by atoms with Gasteiger partial charge < -0.3 is 9.73 Å². The lowest BCUT2D eigenvalue weighted by atomic mass is 10.0. The van der Waals surface area contributed by atoms with E-state index in [-0.39, 0.29) is 30.9 Å². The highest BCUT2D eigenvalue weighted by Crippen LogP contribution is 2.36. The zero-order valence-corrected chi connectivity index (χ0v) is 18.0. The molecule has 1 N–H and O–H groups in total. The molecule has 0 aliphatic carbocycles. The van der Waals surface area contributed by atoms with Crippen LogP contribution < -0.4 is 10.2 Å². The monoisotopic (exact) mass is 464 g/mol. The van der Waals surface area contributed by atoms with E-state index in [0.717, 1.165) is 16.8 Å². The number of anilines is 1. The van der Waals surface area contributed by atoms with Crippen LogP contribution in [0.15, 0.2) is 77.4 Å². The van der Waals surface area contributed by atoms with E-state index in [4.69, 9.17) is 16.0 Å². The Hall–Kier alpha value is -3.98. The molecule has 10 heteroatoms. The van der Waals surface area contributed by atoms with Crippen molar-refractivity contribution in [2.45, 2.75) is 12.6 Å². The lowest BCUT2D eigenvalue weighted by Gasteiger charge is -2.32. The molecule has 0 radical (unpaired) electrons. The molecule has 166 valence electrons. The van der Waals surface area contributed by atoms with Crippen LogP contribution in [0.2, 0.25) is 5.02 Å². The number of tetrazole rings is 1. The molecule has 0 unspecified atom stereocenters. The lowest BCUT2D eigenvalue weighted by molar-refractivity contribution is -0.119. The van der Waals surface area contributed by atoms with Crippen molar-refractivity contribution in [3.63, 3.8) is 0 Å². The molecule has 0 bridgehead atoms. The largest absolute Gasteiger partial charge is 0.467 e. The lowest BCUT2D eigenvalue weighted by Crippen LogP contribution is -2.39. The van der Waals surface area contributed by atoms with Crippen molar-refractivity contribution in [1.82, 2.24) is 25.5 Å². The first kappa shape index (κ1) is 20.9. The van der Waals surface area contributed by atoms with Gasteiger partial charge in [0.1, 0.15) is 24.2 Å². The van der Waals surface area contributed by atoms with Gasteiger partial charge in [0.2, 0.25) is 5.91 Å². The Morgan fingerprint density at radius 1 is 1.12 bits per heavy atom. The number of hydrogen-bond acceptors (Lipinski definition) is 6. The molecule has 1 aliphatic heterocycles. The van der Waals surface area contributed by atoms with E-state index in [1.54, 1.807) is 52.2 Å². The quantitative estimate of drug-likeness (QED) is 0.466. The Labute approximate surface area is 193 Å². The SMILES string of the molecule is O=C(CN1C(c2ccc(Cl)cc2)=C[C@H](c2ccc(F)cc2)n2nnnc21)NCc1ccco1. The summed E-state index contributed by atoms with van der Waals surface area (Å²) in [4.78, 5) is 14.5. The summed E-state index contributed by atoms with van der Waals surface area (Å²) < 4.78 is 20.4. The molecule has 1 aliphatic rings. The number of fused-ring (bicyclic) bond motifs is 1. The first-order chi connectivity index (χ1) is 16.1. The van der Waals surface area contributed by atoms with Crippen LogP contribution in [0.25, 0.3) is 5.70 Å². The summed E-state index contributed by atoms with van der Waals surface area (Å²) in [6.07, 6.45) is 3.50. The fraction of sp³-hybridized carbons (Fsp3) is 0.130. The van der Waals surface area contributed by atoms with Crippen molar-refractivity contribution in [3.8, 4) is 0 Å². The van der Waals surface area contributed by atoms with Crippen molar-refractivity contribution >= 4 is 29.2 Å². The Balaban J connectivity index is 1.50. The molecular weight excluding hydrogens is 447 g/mol. The second kappa shape index (κ2) is 8.87. The number of aromatic nitrogens is 4. The van der Waals surface area contributed by atoms with Gasteiger partial charge in [0, 0.05) is 5.02 Å². The highest BCUT2D eigenvalue weighted by Gasteiger charge is 2.32. The van der Waals surface area contributed by atoms with Crippen molar-refractivity contribution in [2.24, 2.45) is 0 Å². The summed E-state index contributed by atoms with van der Waals surface area (Å²) in [5, 5.41) is 15.6. The average Bonchev–Trinajstić information content (AvgIpc) is 3.52. The number of hydrogen-bond donors (Lipinski definition) is 1. The minimum Gasteiger partial charge on any atom is -0.467 e. The molecule has 1 amide bonds. The van der Waals surface area contributed by atoms with E-state index < -0.39 is 0 Å². The minimum absolute atomic E-state index is 0.0221. The van der Waals surface area contributed by atoms with Gasteiger partial charge in [-0.1, -0.05) is 41.0 Å². The Morgan fingerprint density at radius 3 is 2.64 bits per heavy atom. The second-order valence-electron chi connectivity index (χ2n) is 7.42. The van der Waals surface area contributed by atoms with Crippen LogP contribution in [-0.2, 0) is 11.3 Å². The van der Waals surface area contributed by atoms with Crippen LogP contribution in [-0.4, -0.2) is 32.7 Å². The van der Waals surface area contributed by atoms with Crippen molar-refractivity contribution in [1.29, 1.82) is 0 Å². The maximum absolute atomic E-state index is 13.5. The normalized spacial score (nSPS) is 15.2. The van der Waals surface area contributed by atoms with Crippen molar-refractivity contribution in [2.75, 3.05) is 11.4 Å². The molecule has 0 fully saturated rings. The van der Waals surface area contributed by atoms with Crippen LogP contribution >= 0.6 is 11.6 Å². The standard InChI is InChI=1S/C23H18ClFN6O2/c24-17-7-3-15(4-8-17)20-12-21(16-5-9-18(25)10-6-16)31-23(27-28-29-31)30(20)14-22(32)26-13-19-2-1-11-33-19/h1-12,21H,13-14H2,(H,26,32)/t21-/m1/s1. The van der Waals surface area contributed by atoms with Gasteiger partial charge in [0.25, 0.3) is 5.95 Å². The molecule has 33 heavy (non-hydrogen) atoms. The van der Waals surface area contributed by atoms with Gasteiger partial charge >= 0.3 is 0 Å². The molecule has 8 nitrogen and oxygen atoms in total.